The van der Waals surface area contributed by atoms with Gasteiger partial charge >= 0.3 is 0 Å². The van der Waals surface area contributed by atoms with E-state index in [1.165, 1.54) is 12.8 Å². The number of alkyl halides is 1. The molecular formula is C21H33BrO4. The van der Waals surface area contributed by atoms with Gasteiger partial charge in [-0.1, -0.05) is 6.92 Å². The zero-order chi connectivity index (χ0) is 18.9. The summed E-state index contributed by atoms with van der Waals surface area (Å²) in [5.41, 5.74) is -0.584. The lowest BCUT2D eigenvalue weighted by molar-refractivity contribution is -0.163. The first kappa shape index (κ1) is 19.4. The summed E-state index contributed by atoms with van der Waals surface area (Å²) in [6.45, 7) is 4.22. The van der Waals surface area contributed by atoms with Crippen LogP contribution in [-0.2, 0) is 4.79 Å². The molecule has 4 nitrogen and oxygen atoms in total. The molecule has 0 aromatic heterocycles. The summed E-state index contributed by atoms with van der Waals surface area (Å²) < 4.78 is -2.39. The number of halogens is 1. The lowest BCUT2D eigenvalue weighted by Gasteiger charge is -2.57. The summed E-state index contributed by atoms with van der Waals surface area (Å²) in [4.78, 5) is 12.6. The lowest BCUT2D eigenvalue weighted by atomic mass is 9.49. The van der Waals surface area contributed by atoms with E-state index in [2.05, 4.69) is 22.9 Å². The van der Waals surface area contributed by atoms with Gasteiger partial charge in [-0.25, -0.2) is 0 Å². The van der Waals surface area contributed by atoms with Gasteiger partial charge in [0, 0.05) is 5.92 Å². The van der Waals surface area contributed by atoms with Crippen LogP contribution in [0, 0.1) is 40.9 Å². The number of rotatable bonds is 2. The van der Waals surface area contributed by atoms with E-state index in [1.807, 2.05) is 6.92 Å². The minimum atomic E-state index is -2.39. The number of carbonyl (C=O) groups excluding carboxylic acids is 1. The second-order valence-corrected chi connectivity index (χ2v) is 11.4. The zero-order valence-electron chi connectivity index (χ0n) is 16.0. The highest BCUT2D eigenvalue weighted by molar-refractivity contribution is 9.10. The highest BCUT2D eigenvalue weighted by atomic mass is 79.9. The van der Waals surface area contributed by atoms with Gasteiger partial charge in [-0.2, -0.15) is 0 Å². The highest BCUT2D eigenvalue weighted by Gasteiger charge is 2.60. The average Bonchev–Trinajstić information content (AvgIpc) is 2.89. The van der Waals surface area contributed by atoms with Crippen molar-refractivity contribution >= 4 is 21.7 Å². The van der Waals surface area contributed by atoms with Gasteiger partial charge in [-0.3, -0.25) is 4.79 Å². The fraction of sp³-hybridized carbons (Fsp3) is 0.952. The summed E-state index contributed by atoms with van der Waals surface area (Å²) in [5.74, 6) is 2.60. The van der Waals surface area contributed by atoms with Crippen LogP contribution in [-0.4, -0.2) is 31.4 Å². The van der Waals surface area contributed by atoms with E-state index in [9.17, 15) is 20.1 Å². The van der Waals surface area contributed by atoms with E-state index in [0.717, 1.165) is 56.8 Å². The smallest absolute Gasteiger partial charge is 0.283 e. The van der Waals surface area contributed by atoms with E-state index < -0.39 is 16.1 Å². The molecule has 8 atom stereocenters. The SMILES string of the molecule is CC1(O)CCC2C(CCC3C2CCC2(C)C(C(=O)C(O)(O)Br)CCC32)C1. The molecule has 4 rings (SSSR count). The minimum Gasteiger partial charge on any atom is -0.390 e. The molecule has 4 saturated carbocycles. The number of carbonyl (C=O) groups is 1. The van der Waals surface area contributed by atoms with E-state index in [4.69, 9.17) is 0 Å². The first-order valence-electron chi connectivity index (χ1n) is 10.4. The molecule has 0 saturated heterocycles. The molecule has 5 heteroatoms. The molecule has 4 aliphatic rings. The maximum atomic E-state index is 12.6. The molecule has 4 aliphatic carbocycles. The summed E-state index contributed by atoms with van der Waals surface area (Å²) in [6, 6.07) is 0. The van der Waals surface area contributed by atoms with Crippen LogP contribution >= 0.6 is 15.9 Å². The van der Waals surface area contributed by atoms with Crippen LogP contribution in [0.3, 0.4) is 0 Å². The number of hydrogen-bond acceptors (Lipinski definition) is 4. The second-order valence-electron chi connectivity index (χ2n) is 10.3. The Balaban J connectivity index is 1.54. The van der Waals surface area contributed by atoms with Crippen molar-refractivity contribution in [3.8, 4) is 0 Å². The van der Waals surface area contributed by atoms with Gasteiger partial charge in [0.2, 0.25) is 5.78 Å². The third-order valence-corrected chi connectivity index (χ3v) is 9.26. The molecule has 148 valence electrons. The van der Waals surface area contributed by atoms with Crippen LogP contribution in [0.15, 0.2) is 0 Å². The van der Waals surface area contributed by atoms with Crippen LogP contribution in [0.25, 0.3) is 0 Å². The first-order valence-corrected chi connectivity index (χ1v) is 11.2. The molecule has 0 bridgehead atoms. The first-order chi connectivity index (χ1) is 12.0. The summed E-state index contributed by atoms with van der Waals surface area (Å²) in [6.07, 6.45) is 9.40. The standard InChI is InChI=1S/C21H33BrO4/c1-19(24)9-7-13-12(11-19)3-4-15-14(13)8-10-20(2)16(15)5-6-17(20)18(23)21(22,25)26/h12-17,24-26H,3-11H2,1-2H3. The fourth-order valence-corrected chi connectivity index (χ4v) is 8.01. The zero-order valence-corrected chi connectivity index (χ0v) is 17.5. The molecule has 4 fully saturated rings. The summed E-state index contributed by atoms with van der Waals surface area (Å²) in [5, 5.41) is 30.1. The van der Waals surface area contributed by atoms with Crippen molar-refractivity contribution in [2.24, 2.45) is 40.9 Å². The summed E-state index contributed by atoms with van der Waals surface area (Å²) >= 11 is 2.76. The van der Waals surface area contributed by atoms with Crippen molar-refractivity contribution in [1.82, 2.24) is 0 Å². The quantitative estimate of drug-likeness (QED) is 0.463. The normalized spacial score (nSPS) is 51.3. The van der Waals surface area contributed by atoms with Gasteiger partial charge in [0.15, 0.2) is 0 Å². The predicted molar refractivity (Wildman–Crippen MR) is 102 cm³/mol. The average molecular weight is 429 g/mol. The van der Waals surface area contributed by atoms with Gasteiger partial charge in [0.1, 0.15) is 0 Å². The monoisotopic (exact) mass is 428 g/mol. The minimum absolute atomic E-state index is 0.101. The van der Waals surface area contributed by atoms with E-state index in [-0.39, 0.29) is 11.3 Å². The molecule has 0 aliphatic heterocycles. The Bertz CT molecular complexity index is 583. The number of hydrogen-bond donors (Lipinski definition) is 3. The van der Waals surface area contributed by atoms with E-state index in [1.54, 1.807) is 0 Å². The Labute approximate surface area is 164 Å². The van der Waals surface area contributed by atoms with Gasteiger partial charge in [0.25, 0.3) is 4.70 Å². The van der Waals surface area contributed by atoms with Crippen molar-refractivity contribution in [3.63, 3.8) is 0 Å². The molecule has 3 N–H and O–H groups in total. The van der Waals surface area contributed by atoms with E-state index >= 15 is 0 Å². The lowest BCUT2D eigenvalue weighted by Crippen LogP contribution is -2.52. The number of aliphatic hydroxyl groups is 3. The van der Waals surface area contributed by atoms with Gasteiger partial charge in [-0.15, -0.1) is 0 Å². The number of fused-ring (bicyclic) bond motifs is 5. The molecule has 0 aromatic carbocycles. The Morgan fingerprint density at radius 3 is 2.35 bits per heavy atom. The maximum Gasteiger partial charge on any atom is 0.283 e. The Morgan fingerprint density at radius 2 is 1.65 bits per heavy atom. The van der Waals surface area contributed by atoms with Crippen LogP contribution in [0.4, 0.5) is 0 Å². The van der Waals surface area contributed by atoms with Crippen molar-refractivity contribution in [1.29, 1.82) is 0 Å². The van der Waals surface area contributed by atoms with Crippen LogP contribution in [0.5, 0.6) is 0 Å². The van der Waals surface area contributed by atoms with E-state index in [0.29, 0.717) is 17.8 Å². The Kier molecular flexibility index (Phi) is 4.66. The fourth-order valence-electron chi connectivity index (χ4n) is 7.73. The highest BCUT2D eigenvalue weighted by Crippen LogP contribution is 2.65. The third-order valence-electron chi connectivity index (χ3n) is 8.87. The number of ketones is 1. The Hall–Kier alpha value is 0.0300. The van der Waals surface area contributed by atoms with Crippen molar-refractivity contribution in [2.75, 3.05) is 0 Å². The van der Waals surface area contributed by atoms with Crippen molar-refractivity contribution in [2.45, 2.75) is 81.9 Å². The molecule has 0 heterocycles. The molecule has 8 unspecified atom stereocenters. The van der Waals surface area contributed by atoms with Crippen LogP contribution < -0.4 is 0 Å². The Morgan fingerprint density at radius 1 is 0.962 bits per heavy atom. The maximum absolute atomic E-state index is 12.6. The van der Waals surface area contributed by atoms with Gasteiger partial charge in [-0.05, 0) is 116 Å². The molecular weight excluding hydrogens is 396 g/mol. The molecule has 0 spiro atoms. The topological polar surface area (TPSA) is 77.8 Å². The van der Waals surface area contributed by atoms with Crippen LogP contribution in [0.2, 0.25) is 0 Å². The number of Topliss-reactive ketones (excluding diaryl/α,β-unsaturated/α-hetero) is 1. The van der Waals surface area contributed by atoms with Crippen molar-refractivity contribution in [3.05, 3.63) is 0 Å². The predicted octanol–water partition coefficient (Wildman–Crippen LogP) is 3.61. The third kappa shape index (κ3) is 3.01. The second kappa shape index (κ2) is 6.27. The summed E-state index contributed by atoms with van der Waals surface area (Å²) in [7, 11) is 0. The molecule has 0 aromatic rings. The molecule has 0 amide bonds. The largest absolute Gasteiger partial charge is 0.390 e. The van der Waals surface area contributed by atoms with Crippen LogP contribution in [0.1, 0.15) is 71.6 Å². The van der Waals surface area contributed by atoms with Gasteiger partial charge < -0.3 is 15.3 Å². The van der Waals surface area contributed by atoms with Crippen molar-refractivity contribution < 1.29 is 20.1 Å². The molecule has 26 heavy (non-hydrogen) atoms. The van der Waals surface area contributed by atoms with Gasteiger partial charge in [0.05, 0.1) is 5.60 Å². The molecule has 0 radical (unpaired) electrons.